The van der Waals surface area contributed by atoms with Gasteiger partial charge in [0, 0.05) is 0 Å². The van der Waals surface area contributed by atoms with E-state index in [1.54, 1.807) is 6.26 Å². The highest BCUT2D eigenvalue weighted by Crippen LogP contribution is 2.25. The molecule has 0 bridgehead atoms. The Morgan fingerprint density at radius 1 is 1.50 bits per heavy atom. The lowest BCUT2D eigenvalue weighted by atomic mass is 10.2. The van der Waals surface area contributed by atoms with Crippen LogP contribution in [0, 0.1) is 6.92 Å². The Labute approximate surface area is 105 Å². The van der Waals surface area contributed by atoms with E-state index in [0.717, 1.165) is 17.7 Å². The molecule has 2 rings (SSSR count). The van der Waals surface area contributed by atoms with E-state index >= 15 is 0 Å². The van der Waals surface area contributed by atoms with Crippen LogP contribution >= 0.6 is 0 Å². The van der Waals surface area contributed by atoms with Gasteiger partial charge in [-0.2, -0.15) is 0 Å². The second-order valence-electron chi connectivity index (χ2n) is 3.98. The lowest BCUT2D eigenvalue weighted by Gasteiger charge is -1.96. The van der Waals surface area contributed by atoms with Gasteiger partial charge in [-0.3, -0.25) is 0 Å². The number of aryl methyl sites for hydroxylation is 2. The van der Waals surface area contributed by atoms with E-state index in [1.807, 2.05) is 19.9 Å². The van der Waals surface area contributed by atoms with Gasteiger partial charge >= 0.3 is 5.97 Å². The van der Waals surface area contributed by atoms with E-state index in [9.17, 15) is 4.79 Å². The van der Waals surface area contributed by atoms with Gasteiger partial charge in [-0.25, -0.2) is 9.78 Å². The number of esters is 1. The number of carbonyl (C=O) groups excluding carboxylic acids is 1. The van der Waals surface area contributed by atoms with Crippen LogP contribution < -0.4 is 0 Å². The van der Waals surface area contributed by atoms with Gasteiger partial charge in [0.2, 0.25) is 11.7 Å². The number of hydrogen-bond donors (Lipinski definition) is 0. The van der Waals surface area contributed by atoms with Crippen LogP contribution in [0.15, 0.2) is 21.2 Å². The van der Waals surface area contributed by atoms with Crippen molar-refractivity contribution in [3.8, 4) is 11.5 Å². The molecule has 0 aliphatic heterocycles. The summed E-state index contributed by atoms with van der Waals surface area (Å²) in [7, 11) is 1.32. The van der Waals surface area contributed by atoms with Gasteiger partial charge in [0.05, 0.1) is 18.4 Å². The molecule has 5 heteroatoms. The molecule has 0 radical (unpaired) electrons. The molecule has 2 heterocycles. The number of carbonyl (C=O) groups is 1. The topological polar surface area (TPSA) is 65.5 Å². The van der Waals surface area contributed by atoms with E-state index < -0.39 is 5.97 Å². The Bertz CT molecular complexity index is 553. The molecule has 0 N–H and O–H groups in total. The molecule has 0 aromatic carbocycles. The molecule has 18 heavy (non-hydrogen) atoms. The maximum atomic E-state index is 11.6. The average Bonchev–Trinajstić information content (AvgIpc) is 2.95. The predicted octanol–water partition coefficient (Wildman–Crippen LogP) is 2.98. The summed E-state index contributed by atoms with van der Waals surface area (Å²) in [6, 6.07) is 1.81. The third-order valence-corrected chi connectivity index (χ3v) is 2.53. The van der Waals surface area contributed by atoms with Gasteiger partial charge in [0.25, 0.3) is 0 Å². The van der Waals surface area contributed by atoms with E-state index in [1.165, 1.54) is 7.11 Å². The lowest BCUT2D eigenvalue weighted by molar-refractivity contribution is 0.0564. The third-order valence-electron chi connectivity index (χ3n) is 2.53. The first-order chi connectivity index (χ1) is 8.65. The summed E-state index contributed by atoms with van der Waals surface area (Å²) in [5.41, 5.74) is 1.35. The second kappa shape index (κ2) is 5.08. The van der Waals surface area contributed by atoms with Crippen molar-refractivity contribution in [3.63, 3.8) is 0 Å². The molecular formula is C13H15NO4. The average molecular weight is 249 g/mol. The fourth-order valence-electron chi connectivity index (χ4n) is 1.69. The number of hydrogen-bond acceptors (Lipinski definition) is 5. The summed E-state index contributed by atoms with van der Waals surface area (Å²) in [5.74, 6) is 0.821. The van der Waals surface area contributed by atoms with Crippen molar-refractivity contribution >= 4 is 5.97 Å². The number of aromatic nitrogens is 1. The molecule has 0 aliphatic rings. The van der Waals surface area contributed by atoms with Crippen LogP contribution in [-0.2, 0) is 11.2 Å². The van der Waals surface area contributed by atoms with E-state index in [2.05, 4.69) is 9.72 Å². The maximum absolute atomic E-state index is 11.6. The van der Waals surface area contributed by atoms with Crippen LogP contribution in [0.3, 0.4) is 0 Å². The zero-order chi connectivity index (χ0) is 13.1. The SMILES string of the molecule is CCCc1nc(-c2coc(C)c2)oc1C(=O)OC. The van der Waals surface area contributed by atoms with Gasteiger partial charge in [-0.15, -0.1) is 0 Å². The van der Waals surface area contributed by atoms with Crippen LogP contribution in [0.2, 0.25) is 0 Å². The first-order valence-corrected chi connectivity index (χ1v) is 5.79. The fourth-order valence-corrected chi connectivity index (χ4v) is 1.69. The molecule has 0 amide bonds. The minimum absolute atomic E-state index is 0.174. The Balaban J connectivity index is 2.41. The van der Waals surface area contributed by atoms with Gasteiger partial charge < -0.3 is 13.6 Å². The second-order valence-corrected chi connectivity index (χ2v) is 3.98. The predicted molar refractivity (Wildman–Crippen MR) is 64.3 cm³/mol. The van der Waals surface area contributed by atoms with Crippen molar-refractivity contribution < 1.29 is 18.4 Å². The van der Waals surface area contributed by atoms with E-state index in [4.69, 9.17) is 8.83 Å². The summed E-state index contributed by atoms with van der Waals surface area (Å²) < 4.78 is 15.4. The van der Waals surface area contributed by atoms with Crippen molar-refractivity contribution in [3.05, 3.63) is 29.5 Å². The summed E-state index contributed by atoms with van der Waals surface area (Å²) >= 11 is 0. The molecule has 0 aliphatic carbocycles. The molecule has 96 valence electrons. The van der Waals surface area contributed by atoms with Gasteiger partial charge in [0.15, 0.2) is 0 Å². The van der Waals surface area contributed by atoms with Crippen molar-refractivity contribution in [2.24, 2.45) is 0 Å². The molecular weight excluding hydrogens is 234 g/mol. The molecule has 0 atom stereocenters. The first kappa shape index (κ1) is 12.4. The van der Waals surface area contributed by atoms with Crippen molar-refractivity contribution in [2.45, 2.75) is 26.7 Å². The van der Waals surface area contributed by atoms with E-state index in [-0.39, 0.29) is 5.76 Å². The molecule has 2 aromatic heterocycles. The largest absolute Gasteiger partial charge is 0.469 e. The number of oxazole rings is 1. The Morgan fingerprint density at radius 3 is 2.83 bits per heavy atom. The molecule has 0 unspecified atom stereocenters. The number of ether oxygens (including phenoxy) is 1. The Morgan fingerprint density at radius 2 is 2.28 bits per heavy atom. The lowest BCUT2D eigenvalue weighted by Crippen LogP contribution is -2.03. The standard InChI is InChI=1S/C13H15NO4/c1-4-5-10-11(13(15)16-3)18-12(14-10)9-6-8(2)17-7-9/h6-7H,4-5H2,1-3H3. The zero-order valence-corrected chi connectivity index (χ0v) is 10.6. The molecule has 5 nitrogen and oxygen atoms in total. The number of methoxy groups -OCH3 is 1. The van der Waals surface area contributed by atoms with Crippen LogP contribution in [0.25, 0.3) is 11.5 Å². The van der Waals surface area contributed by atoms with Crippen LogP contribution in [0.5, 0.6) is 0 Å². The normalized spacial score (nSPS) is 10.6. The van der Waals surface area contributed by atoms with Crippen LogP contribution in [0.1, 0.15) is 35.4 Å². The van der Waals surface area contributed by atoms with Crippen LogP contribution in [-0.4, -0.2) is 18.1 Å². The monoisotopic (exact) mass is 249 g/mol. The summed E-state index contributed by atoms with van der Waals surface area (Å²) in [4.78, 5) is 15.9. The van der Waals surface area contributed by atoms with Crippen LogP contribution in [0.4, 0.5) is 0 Å². The van der Waals surface area contributed by atoms with Crippen molar-refractivity contribution in [1.29, 1.82) is 0 Å². The molecule has 0 spiro atoms. The van der Waals surface area contributed by atoms with Crippen molar-refractivity contribution in [2.75, 3.05) is 7.11 Å². The highest BCUT2D eigenvalue weighted by atomic mass is 16.5. The highest BCUT2D eigenvalue weighted by Gasteiger charge is 2.21. The summed E-state index contributed by atoms with van der Waals surface area (Å²) in [5, 5.41) is 0. The van der Waals surface area contributed by atoms with Gasteiger partial charge in [0.1, 0.15) is 12.0 Å². The zero-order valence-electron chi connectivity index (χ0n) is 10.6. The van der Waals surface area contributed by atoms with Gasteiger partial charge in [-0.1, -0.05) is 13.3 Å². The molecule has 2 aromatic rings. The quantitative estimate of drug-likeness (QED) is 0.779. The number of rotatable bonds is 4. The maximum Gasteiger partial charge on any atom is 0.376 e. The third kappa shape index (κ3) is 2.30. The number of nitrogens with zero attached hydrogens (tertiary/aromatic N) is 1. The number of furan rings is 1. The minimum atomic E-state index is -0.502. The highest BCUT2D eigenvalue weighted by molar-refractivity contribution is 5.87. The molecule has 0 saturated heterocycles. The molecule has 0 saturated carbocycles. The molecule has 0 fully saturated rings. The van der Waals surface area contributed by atoms with Gasteiger partial charge in [-0.05, 0) is 19.4 Å². The Kier molecular flexibility index (Phi) is 3.50. The summed E-state index contributed by atoms with van der Waals surface area (Å²) in [6.07, 6.45) is 3.10. The minimum Gasteiger partial charge on any atom is -0.469 e. The fraction of sp³-hybridized carbons (Fsp3) is 0.385. The van der Waals surface area contributed by atoms with E-state index in [0.29, 0.717) is 18.0 Å². The Hall–Kier alpha value is -2.04. The van der Waals surface area contributed by atoms with Crippen molar-refractivity contribution in [1.82, 2.24) is 4.98 Å². The summed E-state index contributed by atoms with van der Waals surface area (Å²) in [6.45, 7) is 3.85. The first-order valence-electron chi connectivity index (χ1n) is 5.79. The smallest absolute Gasteiger partial charge is 0.376 e.